The van der Waals surface area contributed by atoms with Crippen molar-refractivity contribution < 1.29 is 14.8 Å². The molecular formula is C13H12BrN5O4. The summed E-state index contributed by atoms with van der Waals surface area (Å²) in [5.41, 5.74) is 2.68. The Bertz CT molecular complexity index is 787. The molecular weight excluding hydrogens is 370 g/mol. The fraction of sp³-hybridized carbons (Fsp3) is 0.154. The first kappa shape index (κ1) is 16.6. The third kappa shape index (κ3) is 4.36. The molecule has 0 atom stereocenters. The predicted molar refractivity (Wildman–Crippen MR) is 85.2 cm³/mol. The number of nitrogens with one attached hydrogen (secondary N) is 1. The average Bonchev–Trinajstić information content (AvgIpc) is 2.87. The monoisotopic (exact) mass is 381 g/mol. The van der Waals surface area contributed by atoms with Gasteiger partial charge in [-0.2, -0.15) is 10.2 Å². The average molecular weight is 382 g/mol. The summed E-state index contributed by atoms with van der Waals surface area (Å²) < 4.78 is 1.85. The molecule has 0 saturated heterocycles. The van der Waals surface area contributed by atoms with E-state index in [0.29, 0.717) is 4.47 Å². The van der Waals surface area contributed by atoms with Crippen molar-refractivity contribution in [3.8, 4) is 5.75 Å². The van der Waals surface area contributed by atoms with Gasteiger partial charge in [-0.05, 0) is 19.1 Å². The molecule has 0 saturated carbocycles. The third-order valence-electron chi connectivity index (χ3n) is 2.75. The molecule has 0 radical (unpaired) electrons. The van der Waals surface area contributed by atoms with Crippen LogP contribution in [0.15, 0.2) is 34.0 Å². The number of carbonyl (C=O) groups excluding carboxylic acids is 1. The zero-order valence-corrected chi connectivity index (χ0v) is 13.5. The van der Waals surface area contributed by atoms with E-state index in [1.807, 2.05) is 0 Å². The Hall–Kier alpha value is -2.75. The first-order chi connectivity index (χ1) is 10.9. The second-order valence-electron chi connectivity index (χ2n) is 4.57. The lowest BCUT2D eigenvalue weighted by molar-refractivity contribution is -0.385. The molecule has 0 spiro atoms. The molecule has 2 aromatic rings. The Morgan fingerprint density at radius 2 is 2.35 bits per heavy atom. The molecule has 120 valence electrons. The highest BCUT2D eigenvalue weighted by atomic mass is 79.9. The van der Waals surface area contributed by atoms with E-state index in [-0.39, 0.29) is 12.1 Å². The van der Waals surface area contributed by atoms with Gasteiger partial charge in [0.15, 0.2) is 0 Å². The van der Waals surface area contributed by atoms with Crippen LogP contribution in [0.3, 0.4) is 0 Å². The number of aromatic nitrogens is 2. The number of carbonyl (C=O) groups is 1. The predicted octanol–water partition coefficient (Wildman–Crippen LogP) is 1.72. The molecule has 9 nitrogen and oxygen atoms in total. The normalized spacial score (nSPS) is 10.9. The van der Waals surface area contributed by atoms with Crippen LogP contribution in [0.5, 0.6) is 5.75 Å². The zero-order valence-electron chi connectivity index (χ0n) is 11.9. The minimum atomic E-state index is -0.712. The van der Waals surface area contributed by atoms with Crippen molar-refractivity contribution >= 4 is 33.7 Å². The maximum atomic E-state index is 11.7. The molecule has 0 aliphatic rings. The Balaban J connectivity index is 2.05. The molecule has 0 unspecified atom stereocenters. The molecule has 0 aliphatic heterocycles. The van der Waals surface area contributed by atoms with Gasteiger partial charge in [-0.3, -0.25) is 19.6 Å². The van der Waals surface area contributed by atoms with E-state index in [2.05, 4.69) is 31.6 Å². The lowest BCUT2D eigenvalue weighted by Crippen LogP contribution is -2.23. The van der Waals surface area contributed by atoms with Gasteiger partial charge in [0.1, 0.15) is 6.54 Å². The standard InChI is InChI=1S/C13H12BrN5O4/c1-8-2-3-18(17-8)7-12(20)16-15-6-9-4-10(14)5-11(13(9)21)19(22)23/h2-6,21H,7H2,1H3,(H,16,20)/b15-6-. The third-order valence-corrected chi connectivity index (χ3v) is 3.21. The van der Waals surface area contributed by atoms with Gasteiger partial charge >= 0.3 is 5.69 Å². The van der Waals surface area contributed by atoms with Crippen molar-refractivity contribution in [1.29, 1.82) is 0 Å². The van der Waals surface area contributed by atoms with Crippen molar-refractivity contribution in [2.24, 2.45) is 5.10 Å². The van der Waals surface area contributed by atoms with E-state index in [1.165, 1.54) is 16.8 Å². The van der Waals surface area contributed by atoms with Crippen molar-refractivity contribution in [1.82, 2.24) is 15.2 Å². The lowest BCUT2D eigenvalue weighted by atomic mass is 10.2. The summed E-state index contributed by atoms with van der Waals surface area (Å²) in [4.78, 5) is 21.8. The lowest BCUT2D eigenvalue weighted by Gasteiger charge is -2.02. The summed E-state index contributed by atoms with van der Waals surface area (Å²) in [6, 6.07) is 4.37. The van der Waals surface area contributed by atoms with E-state index in [0.717, 1.165) is 11.9 Å². The van der Waals surface area contributed by atoms with E-state index >= 15 is 0 Å². The van der Waals surface area contributed by atoms with Crippen LogP contribution in [0.25, 0.3) is 0 Å². The molecule has 0 fully saturated rings. The first-order valence-corrected chi connectivity index (χ1v) is 7.15. The molecule has 1 heterocycles. The van der Waals surface area contributed by atoms with E-state index < -0.39 is 22.3 Å². The van der Waals surface area contributed by atoms with Crippen LogP contribution in [0, 0.1) is 17.0 Å². The quantitative estimate of drug-likeness (QED) is 0.463. The van der Waals surface area contributed by atoms with Crippen LogP contribution < -0.4 is 5.43 Å². The Labute approximate surface area is 138 Å². The summed E-state index contributed by atoms with van der Waals surface area (Å²) in [7, 11) is 0. The van der Waals surface area contributed by atoms with E-state index in [9.17, 15) is 20.0 Å². The minimum absolute atomic E-state index is 0.0181. The SMILES string of the molecule is Cc1ccn(CC(=O)N/N=C\c2cc(Br)cc([N+](=O)[O-])c2O)n1. The topological polar surface area (TPSA) is 123 Å². The number of aryl methyl sites for hydroxylation is 1. The first-order valence-electron chi connectivity index (χ1n) is 6.35. The van der Waals surface area contributed by atoms with Crippen molar-refractivity contribution in [2.45, 2.75) is 13.5 Å². The number of amides is 1. The van der Waals surface area contributed by atoms with Crippen molar-refractivity contribution in [2.75, 3.05) is 0 Å². The Morgan fingerprint density at radius 1 is 1.61 bits per heavy atom. The van der Waals surface area contributed by atoms with Crippen LogP contribution in [-0.4, -0.2) is 31.9 Å². The molecule has 1 amide bonds. The second kappa shape index (κ2) is 7.01. The molecule has 2 N–H and O–H groups in total. The number of nitrogens with zero attached hydrogens (tertiary/aromatic N) is 4. The van der Waals surface area contributed by atoms with Crippen molar-refractivity contribution in [3.05, 3.63) is 50.2 Å². The van der Waals surface area contributed by atoms with Gasteiger partial charge < -0.3 is 5.11 Å². The molecule has 10 heteroatoms. The summed E-state index contributed by atoms with van der Waals surface area (Å²) in [6.07, 6.45) is 2.78. The fourth-order valence-electron chi connectivity index (χ4n) is 1.75. The highest BCUT2D eigenvalue weighted by Gasteiger charge is 2.17. The maximum absolute atomic E-state index is 11.7. The second-order valence-corrected chi connectivity index (χ2v) is 5.48. The largest absolute Gasteiger partial charge is 0.502 e. The number of phenols is 1. The molecule has 1 aromatic carbocycles. The number of aromatic hydroxyl groups is 1. The highest BCUT2D eigenvalue weighted by molar-refractivity contribution is 9.10. The number of phenolic OH excluding ortho intramolecular Hbond substituents is 1. The van der Waals surface area contributed by atoms with Crippen LogP contribution in [0.4, 0.5) is 5.69 Å². The maximum Gasteiger partial charge on any atom is 0.312 e. The van der Waals surface area contributed by atoms with Gasteiger partial charge in [-0.15, -0.1) is 0 Å². The van der Waals surface area contributed by atoms with Crippen molar-refractivity contribution in [3.63, 3.8) is 0 Å². The number of hydrogen-bond acceptors (Lipinski definition) is 6. The summed E-state index contributed by atoms with van der Waals surface area (Å²) in [5.74, 6) is -0.952. The van der Waals surface area contributed by atoms with Crippen LogP contribution >= 0.6 is 15.9 Å². The van der Waals surface area contributed by atoms with Gasteiger partial charge in [0.05, 0.1) is 16.8 Å². The smallest absolute Gasteiger partial charge is 0.312 e. The highest BCUT2D eigenvalue weighted by Crippen LogP contribution is 2.32. The number of halogens is 1. The number of hydrazone groups is 1. The number of benzene rings is 1. The van der Waals surface area contributed by atoms with Gasteiger partial charge in [0.25, 0.3) is 5.91 Å². The van der Waals surface area contributed by atoms with Crippen LogP contribution in [-0.2, 0) is 11.3 Å². The van der Waals surface area contributed by atoms with Gasteiger partial charge in [-0.1, -0.05) is 15.9 Å². The summed E-state index contributed by atoms with van der Waals surface area (Å²) in [6.45, 7) is 1.78. The minimum Gasteiger partial charge on any atom is -0.502 e. The van der Waals surface area contributed by atoms with Crippen LogP contribution in [0.1, 0.15) is 11.3 Å². The fourth-order valence-corrected chi connectivity index (χ4v) is 2.21. The van der Waals surface area contributed by atoms with Gasteiger partial charge in [0, 0.05) is 22.3 Å². The van der Waals surface area contributed by atoms with E-state index in [4.69, 9.17) is 0 Å². The molecule has 2 rings (SSSR count). The number of hydrogen-bond donors (Lipinski definition) is 2. The molecule has 23 heavy (non-hydrogen) atoms. The Kier molecular flexibility index (Phi) is 5.06. The number of nitro benzene ring substituents is 1. The molecule has 1 aromatic heterocycles. The summed E-state index contributed by atoms with van der Waals surface area (Å²) in [5, 5.41) is 28.4. The molecule has 0 bridgehead atoms. The number of rotatable bonds is 5. The zero-order chi connectivity index (χ0) is 17.0. The van der Waals surface area contributed by atoms with E-state index in [1.54, 1.807) is 19.2 Å². The van der Waals surface area contributed by atoms with Gasteiger partial charge in [-0.25, -0.2) is 5.43 Å². The summed E-state index contributed by atoms with van der Waals surface area (Å²) >= 11 is 3.11. The Morgan fingerprint density at radius 3 is 2.96 bits per heavy atom. The number of nitro groups is 1. The van der Waals surface area contributed by atoms with Gasteiger partial charge in [0.2, 0.25) is 5.75 Å². The van der Waals surface area contributed by atoms with Crippen LogP contribution in [0.2, 0.25) is 0 Å². The molecule has 0 aliphatic carbocycles.